The van der Waals surface area contributed by atoms with Gasteiger partial charge in [0.25, 0.3) is 0 Å². The number of rotatable bonds is 5. The molecular formula is C13H11BrO3S. The highest BCUT2D eigenvalue weighted by atomic mass is 79.9. The molecular weight excluding hydrogens is 316 g/mol. The summed E-state index contributed by atoms with van der Waals surface area (Å²) in [7, 11) is 0. The van der Waals surface area contributed by atoms with E-state index >= 15 is 0 Å². The minimum atomic E-state index is -0.809. The van der Waals surface area contributed by atoms with Crippen molar-refractivity contribution in [3.05, 3.63) is 52.4 Å². The summed E-state index contributed by atoms with van der Waals surface area (Å²) >= 11 is 4.91. The second kappa shape index (κ2) is 6.11. The van der Waals surface area contributed by atoms with Crippen molar-refractivity contribution in [2.45, 2.75) is 17.1 Å². The highest BCUT2D eigenvalue weighted by Crippen LogP contribution is 2.25. The summed E-state index contributed by atoms with van der Waals surface area (Å²) in [6, 6.07) is 11.3. The zero-order chi connectivity index (χ0) is 13.0. The molecule has 0 aliphatic rings. The van der Waals surface area contributed by atoms with Crippen molar-refractivity contribution in [3.63, 3.8) is 0 Å². The van der Waals surface area contributed by atoms with Crippen LogP contribution < -0.4 is 0 Å². The van der Waals surface area contributed by atoms with Gasteiger partial charge in [-0.05, 0) is 45.8 Å². The van der Waals surface area contributed by atoms with Crippen molar-refractivity contribution in [3.8, 4) is 0 Å². The Labute approximate surface area is 117 Å². The molecule has 94 valence electrons. The average Bonchev–Trinajstić information content (AvgIpc) is 2.74. The van der Waals surface area contributed by atoms with E-state index in [0.717, 1.165) is 26.6 Å². The summed E-state index contributed by atoms with van der Waals surface area (Å²) in [5.41, 5.74) is 0.813. The molecule has 0 bridgehead atoms. The molecule has 0 aliphatic carbocycles. The highest BCUT2D eigenvalue weighted by molar-refractivity contribution is 9.10. The number of hydrogen-bond acceptors (Lipinski definition) is 3. The molecule has 0 saturated heterocycles. The number of furan rings is 1. The number of carbonyl (C=O) groups is 1. The third kappa shape index (κ3) is 3.92. The second-order valence-electron chi connectivity index (χ2n) is 3.71. The number of carboxylic acid groups (broad SMARTS) is 1. The Kier molecular flexibility index (Phi) is 4.49. The molecule has 0 saturated carbocycles. The van der Waals surface area contributed by atoms with Crippen LogP contribution in [0.4, 0.5) is 0 Å². The predicted molar refractivity (Wildman–Crippen MR) is 73.8 cm³/mol. The minimum Gasteiger partial charge on any atom is -0.481 e. The van der Waals surface area contributed by atoms with Gasteiger partial charge in [0.05, 0.1) is 12.2 Å². The predicted octanol–water partition coefficient (Wildman–Crippen LogP) is 3.96. The van der Waals surface area contributed by atoms with Crippen LogP contribution in [0, 0.1) is 0 Å². The normalized spacial score (nSPS) is 10.5. The fourth-order valence-corrected chi connectivity index (χ4v) is 2.59. The first-order chi connectivity index (χ1) is 8.63. The van der Waals surface area contributed by atoms with Crippen LogP contribution in [0.25, 0.3) is 0 Å². The third-order valence-electron chi connectivity index (χ3n) is 2.29. The molecule has 0 radical (unpaired) electrons. The quantitative estimate of drug-likeness (QED) is 0.845. The fraction of sp³-hybridized carbons (Fsp3) is 0.154. The molecule has 1 N–H and O–H groups in total. The Bertz CT molecular complexity index is 533. The van der Waals surface area contributed by atoms with E-state index in [0.29, 0.717) is 0 Å². The summed E-state index contributed by atoms with van der Waals surface area (Å²) in [6.07, 6.45) is 0.0656. The molecule has 1 heterocycles. The minimum absolute atomic E-state index is 0.0656. The molecule has 1 aromatic heterocycles. The van der Waals surface area contributed by atoms with Crippen molar-refractivity contribution in [2.24, 2.45) is 0 Å². The topological polar surface area (TPSA) is 50.4 Å². The Hall–Kier alpha value is -1.20. The van der Waals surface area contributed by atoms with Gasteiger partial charge in [0.1, 0.15) is 5.76 Å². The van der Waals surface area contributed by atoms with Crippen LogP contribution in [0.2, 0.25) is 0 Å². The van der Waals surface area contributed by atoms with Crippen molar-refractivity contribution >= 4 is 33.7 Å². The maximum absolute atomic E-state index is 10.5. The highest BCUT2D eigenvalue weighted by Gasteiger charge is 2.03. The van der Waals surface area contributed by atoms with Crippen LogP contribution in [0.3, 0.4) is 0 Å². The lowest BCUT2D eigenvalue weighted by molar-refractivity contribution is -0.136. The van der Waals surface area contributed by atoms with Crippen LogP contribution in [-0.2, 0) is 17.0 Å². The Balaban J connectivity index is 1.92. The molecule has 18 heavy (non-hydrogen) atoms. The summed E-state index contributed by atoms with van der Waals surface area (Å²) in [4.78, 5) is 11.6. The first kappa shape index (κ1) is 13.2. The van der Waals surface area contributed by atoms with E-state index in [9.17, 15) is 4.79 Å². The summed E-state index contributed by atoms with van der Waals surface area (Å²) in [5, 5.41) is 8.67. The van der Waals surface area contributed by atoms with Crippen LogP contribution in [0.1, 0.15) is 11.3 Å². The Morgan fingerprint density at radius 1 is 1.22 bits per heavy atom. The summed E-state index contributed by atoms with van der Waals surface area (Å²) in [5.74, 6) is 0.849. The smallest absolute Gasteiger partial charge is 0.307 e. The lowest BCUT2D eigenvalue weighted by atomic mass is 10.2. The summed E-state index contributed by atoms with van der Waals surface area (Å²) in [6.45, 7) is 0. The first-order valence-corrected chi connectivity index (χ1v) is 7.09. The SMILES string of the molecule is O=C(O)Cc1ccc(SCc2ccc(Br)o2)cc1. The second-order valence-corrected chi connectivity index (χ2v) is 5.54. The van der Waals surface area contributed by atoms with E-state index in [4.69, 9.17) is 9.52 Å². The van der Waals surface area contributed by atoms with Crippen molar-refractivity contribution in [1.29, 1.82) is 0 Å². The van der Waals surface area contributed by atoms with Crippen molar-refractivity contribution in [1.82, 2.24) is 0 Å². The van der Waals surface area contributed by atoms with Gasteiger partial charge < -0.3 is 9.52 Å². The maximum Gasteiger partial charge on any atom is 0.307 e. The molecule has 3 nitrogen and oxygen atoms in total. The standard InChI is InChI=1S/C13H11BrO3S/c14-12-6-3-10(17-12)8-18-11-4-1-9(2-5-11)7-13(15)16/h1-6H,7-8H2,(H,15,16). The van der Waals surface area contributed by atoms with E-state index in [-0.39, 0.29) is 6.42 Å². The zero-order valence-electron chi connectivity index (χ0n) is 9.43. The van der Waals surface area contributed by atoms with Crippen LogP contribution in [0.5, 0.6) is 0 Å². The molecule has 2 rings (SSSR count). The molecule has 2 aromatic rings. The number of halogens is 1. The molecule has 1 aromatic carbocycles. The lowest BCUT2D eigenvalue weighted by Crippen LogP contribution is -1.99. The van der Waals surface area contributed by atoms with Gasteiger partial charge in [-0.15, -0.1) is 11.8 Å². The molecule has 0 aliphatic heterocycles. The molecule has 0 fully saturated rings. The van der Waals surface area contributed by atoms with E-state index in [2.05, 4.69) is 15.9 Å². The van der Waals surface area contributed by atoms with E-state index < -0.39 is 5.97 Å². The monoisotopic (exact) mass is 326 g/mol. The molecule has 0 atom stereocenters. The molecule has 5 heteroatoms. The van der Waals surface area contributed by atoms with Gasteiger partial charge in [0.2, 0.25) is 0 Å². The number of carboxylic acids is 1. The number of benzene rings is 1. The third-order valence-corrected chi connectivity index (χ3v) is 3.75. The van der Waals surface area contributed by atoms with Gasteiger partial charge in [0.15, 0.2) is 4.67 Å². The van der Waals surface area contributed by atoms with Crippen LogP contribution in [-0.4, -0.2) is 11.1 Å². The van der Waals surface area contributed by atoms with Gasteiger partial charge in [-0.3, -0.25) is 4.79 Å². The van der Waals surface area contributed by atoms with E-state index in [1.165, 1.54) is 0 Å². The van der Waals surface area contributed by atoms with Crippen molar-refractivity contribution < 1.29 is 14.3 Å². The maximum atomic E-state index is 10.5. The number of thioether (sulfide) groups is 1. The van der Waals surface area contributed by atoms with E-state index in [1.54, 1.807) is 11.8 Å². The lowest BCUT2D eigenvalue weighted by Gasteiger charge is -2.01. The largest absolute Gasteiger partial charge is 0.481 e. The fourth-order valence-electron chi connectivity index (χ4n) is 1.46. The van der Waals surface area contributed by atoms with Gasteiger partial charge in [-0.2, -0.15) is 0 Å². The van der Waals surface area contributed by atoms with Gasteiger partial charge in [-0.1, -0.05) is 12.1 Å². The summed E-state index contributed by atoms with van der Waals surface area (Å²) < 4.78 is 6.13. The molecule has 0 unspecified atom stereocenters. The van der Waals surface area contributed by atoms with Crippen molar-refractivity contribution in [2.75, 3.05) is 0 Å². The Morgan fingerprint density at radius 2 is 1.94 bits per heavy atom. The first-order valence-electron chi connectivity index (χ1n) is 5.31. The van der Waals surface area contributed by atoms with Gasteiger partial charge >= 0.3 is 5.97 Å². The van der Waals surface area contributed by atoms with Gasteiger partial charge in [-0.25, -0.2) is 0 Å². The van der Waals surface area contributed by atoms with E-state index in [1.807, 2.05) is 36.4 Å². The zero-order valence-corrected chi connectivity index (χ0v) is 11.8. The number of aliphatic carboxylic acids is 1. The average molecular weight is 327 g/mol. The molecule has 0 spiro atoms. The van der Waals surface area contributed by atoms with Crippen LogP contribution >= 0.6 is 27.7 Å². The number of hydrogen-bond donors (Lipinski definition) is 1. The molecule has 0 amide bonds. The van der Waals surface area contributed by atoms with Crippen LogP contribution in [0.15, 0.2) is 50.4 Å². The Morgan fingerprint density at radius 3 is 2.50 bits per heavy atom. The van der Waals surface area contributed by atoms with Gasteiger partial charge in [0, 0.05) is 4.90 Å².